The second-order valence-electron chi connectivity index (χ2n) is 8.96. The first-order valence-electron chi connectivity index (χ1n) is 12.0. The van der Waals surface area contributed by atoms with Crippen LogP contribution >= 0.6 is 0 Å². The number of carbonyl (C=O) groups excluding carboxylic acids is 1. The van der Waals surface area contributed by atoms with Gasteiger partial charge in [0, 0.05) is 31.3 Å². The molecule has 12 nitrogen and oxygen atoms in total. The molecular weight excluding hydrogens is 481 g/mol. The van der Waals surface area contributed by atoms with Gasteiger partial charge in [0.25, 0.3) is 11.8 Å². The number of amides is 1. The average Bonchev–Trinajstić information content (AvgIpc) is 3.42. The lowest BCUT2D eigenvalue weighted by Gasteiger charge is -2.31. The molecule has 6 heterocycles. The van der Waals surface area contributed by atoms with Crippen LogP contribution in [0.15, 0.2) is 30.7 Å². The van der Waals surface area contributed by atoms with Crippen LogP contribution in [0.3, 0.4) is 0 Å². The van der Waals surface area contributed by atoms with Gasteiger partial charge in [0.1, 0.15) is 17.2 Å². The van der Waals surface area contributed by atoms with Gasteiger partial charge in [-0.1, -0.05) is 5.21 Å². The van der Waals surface area contributed by atoms with Crippen molar-refractivity contribution in [3.63, 3.8) is 0 Å². The van der Waals surface area contributed by atoms with Gasteiger partial charge in [0.2, 0.25) is 5.88 Å². The molecule has 0 radical (unpaired) electrons. The van der Waals surface area contributed by atoms with Gasteiger partial charge in [0.05, 0.1) is 42.8 Å². The number of fused-ring (bicyclic) bond motifs is 2. The number of halogens is 1. The highest BCUT2D eigenvalue weighted by molar-refractivity contribution is 5.93. The van der Waals surface area contributed by atoms with E-state index < -0.39 is 0 Å². The summed E-state index contributed by atoms with van der Waals surface area (Å²) in [6.07, 6.45) is 6.95. The molecule has 4 aromatic rings. The molecular formula is C24H24FN9O3. The molecule has 190 valence electrons. The van der Waals surface area contributed by atoms with Crippen molar-refractivity contribution in [3.05, 3.63) is 42.1 Å². The Morgan fingerprint density at radius 1 is 1.16 bits per heavy atom. The van der Waals surface area contributed by atoms with Crippen molar-refractivity contribution in [1.29, 1.82) is 0 Å². The maximum absolute atomic E-state index is 14.6. The Morgan fingerprint density at radius 2 is 2.03 bits per heavy atom. The topological polar surface area (TPSA) is 133 Å². The predicted molar refractivity (Wildman–Crippen MR) is 130 cm³/mol. The summed E-state index contributed by atoms with van der Waals surface area (Å²) in [6, 6.07) is 3.71. The Kier molecular flexibility index (Phi) is 6.04. The average molecular weight is 506 g/mol. The fraction of sp³-hybridized carbons (Fsp3) is 0.375. The van der Waals surface area contributed by atoms with Crippen LogP contribution in [0, 0.1) is 5.82 Å². The minimum absolute atomic E-state index is 0.0738. The summed E-state index contributed by atoms with van der Waals surface area (Å²) in [4.78, 5) is 31.1. The smallest absolute Gasteiger partial charge is 0.263 e. The fourth-order valence-electron chi connectivity index (χ4n) is 4.67. The van der Waals surface area contributed by atoms with Crippen molar-refractivity contribution >= 4 is 22.8 Å². The molecule has 13 heteroatoms. The van der Waals surface area contributed by atoms with Crippen LogP contribution in [0.2, 0.25) is 0 Å². The molecule has 1 saturated heterocycles. The van der Waals surface area contributed by atoms with E-state index in [2.05, 4.69) is 40.5 Å². The Bertz CT molecular complexity index is 1470. The summed E-state index contributed by atoms with van der Waals surface area (Å²) >= 11 is 0. The lowest BCUT2D eigenvalue weighted by molar-refractivity contribution is -0.118. The maximum atomic E-state index is 14.6. The van der Waals surface area contributed by atoms with Crippen LogP contribution in [0.1, 0.15) is 24.4 Å². The van der Waals surface area contributed by atoms with E-state index >= 15 is 0 Å². The van der Waals surface area contributed by atoms with Crippen LogP contribution in [-0.2, 0) is 11.2 Å². The zero-order valence-corrected chi connectivity index (χ0v) is 20.1. The summed E-state index contributed by atoms with van der Waals surface area (Å²) < 4.78 is 27.0. The summed E-state index contributed by atoms with van der Waals surface area (Å²) in [6.45, 7) is 2.34. The van der Waals surface area contributed by atoms with Gasteiger partial charge in [0.15, 0.2) is 12.4 Å². The first-order valence-corrected chi connectivity index (χ1v) is 12.0. The molecule has 1 amide bonds. The number of nitrogens with one attached hydrogen (secondary N) is 1. The Balaban J connectivity index is 1.09. The zero-order valence-electron chi connectivity index (χ0n) is 20.1. The van der Waals surface area contributed by atoms with Crippen LogP contribution in [0.4, 0.5) is 10.2 Å². The lowest BCUT2D eigenvalue weighted by atomic mass is 10.0. The summed E-state index contributed by atoms with van der Waals surface area (Å²) in [5.41, 5.74) is 2.82. The highest BCUT2D eigenvalue weighted by atomic mass is 19.1. The Morgan fingerprint density at radius 3 is 2.86 bits per heavy atom. The quantitative estimate of drug-likeness (QED) is 0.415. The summed E-state index contributed by atoms with van der Waals surface area (Å²) in [7, 11) is 1.54. The minimum Gasteiger partial charge on any atom is -0.481 e. The van der Waals surface area contributed by atoms with Gasteiger partial charge in [-0.25, -0.2) is 24.0 Å². The molecule has 0 atom stereocenters. The molecule has 4 aromatic heterocycles. The number of hydrogen-bond donors (Lipinski definition) is 1. The molecule has 0 saturated carbocycles. The number of anilines is 1. The van der Waals surface area contributed by atoms with Crippen molar-refractivity contribution in [2.75, 3.05) is 38.7 Å². The summed E-state index contributed by atoms with van der Waals surface area (Å²) in [5.74, 6) is 0.384. The number of likely N-dealkylation sites (tertiary alicyclic amines) is 1. The third-order valence-electron chi connectivity index (χ3n) is 6.67. The normalized spacial score (nSPS) is 16.3. The van der Waals surface area contributed by atoms with E-state index in [0.29, 0.717) is 46.8 Å². The molecule has 37 heavy (non-hydrogen) atoms. The van der Waals surface area contributed by atoms with Gasteiger partial charge < -0.3 is 19.7 Å². The SMILES string of the molecule is COc1ccc2ncc(F)c(CCN3CCC(n4cc(-c5cnc6c(n5)NC(=O)CO6)nn4)CC3)c2n1. The Labute approximate surface area is 210 Å². The van der Waals surface area contributed by atoms with E-state index in [-0.39, 0.29) is 36.1 Å². The van der Waals surface area contributed by atoms with Gasteiger partial charge in [-0.15, -0.1) is 5.10 Å². The van der Waals surface area contributed by atoms with Crippen LogP contribution < -0.4 is 14.8 Å². The maximum Gasteiger partial charge on any atom is 0.263 e. The third-order valence-corrected chi connectivity index (χ3v) is 6.67. The number of aromatic nitrogens is 7. The largest absolute Gasteiger partial charge is 0.481 e. The number of rotatable bonds is 6. The molecule has 6 rings (SSSR count). The van der Waals surface area contributed by atoms with Crippen molar-refractivity contribution < 1.29 is 18.7 Å². The molecule has 0 unspecified atom stereocenters. The van der Waals surface area contributed by atoms with Gasteiger partial charge in [-0.2, -0.15) is 0 Å². The second kappa shape index (κ2) is 9.65. The van der Waals surface area contributed by atoms with Gasteiger partial charge >= 0.3 is 0 Å². The second-order valence-corrected chi connectivity index (χ2v) is 8.96. The molecule has 1 N–H and O–H groups in total. The monoisotopic (exact) mass is 505 g/mol. The van der Waals surface area contributed by atoms with Crippen LogP contribution in [0.5, 0.6) is 11.8 Å². The zero-order chi connectivity index (χ0) is 25.4. The molecule has 2 aliphatic rings. The lowest BCUT2D eigenvalue weighted by Crippen LogP contribution is -2.36. The van der Waals surface area contributed by atoms with Gasteiger partial charge in [-0.3, -0.25) is 9.78 Å². The van der Waals surface area contributed by atoms with Crippen molar-refractivity contribution in [2.24, 2.45) is 0 Å². The number of pyridine rings is 2. The van der Waals surface area contributed by atoms with Crippen molar-refractivity contribution in [1.82, 2.24) is 39.8 Å². The van der Waals surface area contributed by atoms with E-state index in [4.69, 9.17) is 9.47 Å². The van der Waals surface area contributed by atoms with Crippen LogP contribution in [-0.4, -0.2) is 79.1 Å². The highest BCUT2D eigenvalue weighted by Crippen LogP contribution is 2.28. The molecule has 0 spiro atoms. The van der Waals surface area contributed by atoms with E-state index in [1.807, 2.05) is 10.9 Å². The number of ether oxygens (including phenoxy) is 2. The number of carbonyl (C=O) groups is 1. The van der Waals surface area contributed by atoms with Gasteiger partial charge in [-0.05, 0) is 25.3 Å². The van der Waals surface area contributed by atoms with E-state index in [1.165, 1.54) is 13.3 Å². The Hall–Kier alpha value is -4.26. The van der Waals surface area contributed by atoms with Crippen molar-refractivity contribution in [3.8, 4) is 23.1 Å². The molecule has 0 aliphatic carbocycles. The predicted octanol–water partition coefficient (Wildman–Crippen LogP) is 2.04. The first-order chi connectivity index (χ1) is 18.1. The number of hydrogen-bond acceptors (Lipinski definition) is 10. The third kappa shape index (κ3) is 4.65. The first kappa shape index (κ1) is 23.2. The fourth-order valence-corrected chi connectivity index (χ4v) is 4.67. The molecule has 0 aromatic carbocycles. The van der Waals surface area contributed by atoms with Crippen LogP contribution in [0.25, 0.3) is 22.4 Å². The number of nitrogens with zero attached hydrogens (tertiary/aromatic N) is 8. The number of methoxy groups -OCH3 is 1. The standard InChI is InChI=1S/C24H24FN9O3/c1-36-21-3-2-17-22(30-21)15(16(25)10-26-17)6-9-33-7-4-14(5-8-33)34-12-19(31-32-34)18-11-27-24-23(28-18)29-20(35)13-37-24/h2-3,10-12,14H,4-9,13H2,1H3,(H,28,29,35). The molecule has 1 fully saturated rings. The highest BCUT2D eigenvalue weighted by Gasteiger charge is 2.24. The minimum atomic E-state index is -0.352. The summed E-state index contributed by atoms with van der Waals surface area (Å²) in [5, 5.41) is 11.2. The molecule has 0 bridgehead atoms. The van der Waals surface area contributed by atoms with Crippen molar-refractivity contribution in [2.45, 2.75) is 25.3 Å². The molecule has 2 aliphatic heterocycles. The van der Waals surface area contributed by atoms with E-state index in [9.17, 15) is 9.18 Å². The van der Waals surface area contributed by atoms with E-state index in [1.54, 1.807) is 18.3 Å². The van der Waals surface area contributed by atoms with E-state index in [0.717, 1.165) is 25.9 Å². The number of piperidine rings is 1.